The van der Waals surface area contributed by atoms with Gasteiger partial charge in [0, 0.05) is 22.3 Å². The fourth-order valence-corrected chi connectivity index (χ4v) is 2.80. The van der Waals surface area contributed by atoms with E-state index in [1.807, 2.05) is 48.5 Å². The SMILES string of the molecule is CC(=O)n1c(-c2ccccc2)c(O)c2cc(Br)ccc21. The largest absolute Gasteiger partial charge is 0.505 e. The lowest BCUT2D eigenvalue weighted by Crippen LogP contribution is -2.06. The van der Waals surface area contributed by atoms with Crippen molar-refractivity contribution in [1.29, 1.82) is 0 Å². The molecular formula is C16H12BrNO2. The molecule has 0 aliphatic carbocycles. The standard InChI is InChI=1S/C16H12BrNO2/c1-10(19)18-14-8-7-12(17)9-13(14)16(20)15(18)11-5-3-2-4-6-11/h2-9,20H,1H3. The monoisotopic (exact) mass is 329 g/mol. The molecule has 1 aromatic heterocycles. The number of benzene rings is 2. The summed E-state index contributed by atoms with van der Waals surface area (Å²) in [7, 11) is 0. The second kappa shape index (κ2) is 4.80. The van der Waals surface area contributed by atoms with Gasteiger partial charge in [-0.1, -0.05) is 46.3 Å². The van der Waals surface area contributed by atoms with E-state index >= 15 is 0 Å². The molecule has 2 aromatic carbocycles. The van der Waals surface area contributed by atoms with Gasteiger partial charge in [0.25, 0.3) is 0 Å². The summed E-state index contributed by atoms with van der Waals surface area (Å²) in [5, 5.41) is 11.2. The van der Waals surface area contributed by atoms with Crippen LogP contribution in [0.25, 0.3) is 22.2 Å². The minimum Gasteiger partial charge on any atom is -0.505 e. The number of carbonyl (C=O) groups excluding carboxylic acids is 1. The molecular weight excluding hydrogens is 318 g/mol. The van der Waals surface area contributed by atoms with Crippen LogP contribution < -0.4 is 0 Å². The summed E-state index contributed by atoms with van der Waals surface area (Å²) in [6.07, 6.45) is 0. The number of aromatic nitrogens is 1. The lowest BCUT2D eigenvalue weighted by Gasteiger charge is -2.06. The first kappa shape index (κ1) is 12.9. The van der Waals surface area contributed by atoms with E-state index in [-0.39, 0.29) is 11.7 Å². The zero-order valence-electron chi connectivity index (χ0n) is 10.8. The highest BCUT2D eigenvalue weighted by Gasteiger charge is 2.20. The number of hydrogen-bond donors (Lipinski definition) is 1. The van der Waals surface area contributed by atoms with E-state index in [2.05, 4.69) is 15.9 Å². The predicted molar refractivity (Wildman–Crippen MR) is 83.0 cm³/mol. The van der Waals surface area contributed by atoms with Gasteiger partial charge in [0.2, 0.25) is 5.91 Å². The van der Waals surface area contributed by atoms with Gasteiger partial charge in [-0.05, 0) is 18.2 Å². The molecule has 0 aliphatic heterocycles. The van der Waals surface area contributed by atoms with E-state index in [1.54, 1.807) is 4.57 Å². The van der Waals surface area contributed by atoms with Gasteiger partial charge in [-0.15, -0.1) is 0 Å². The Bertz CT molecular complexity index is 806. The molecule has 0 saturated heterocycles. The second-order valence-electron chi connectivity index (χ2n) is 4.58. The first-order valence-corrected chi connectivity index (χ1v) is 6.98. The molecule has 3 nitrogen and oxygen atoms in total. The van der Waals surface area contributed by atoms with Gasteiger partial charge >= 0.3 is 0 Å². The van der Waals surface area contributed by atoms with Crippen LogP contribution >= 0.6 is 15.9 Å². The zero-order chi connectivity index (χ0) is 14.3. The van der Waals surface area contributed by atoms with Crippen LogP contribution in [0.3, 0.4) is 0 Å². The fourth-order valence-electron chi connectivity index (χ4n) is 2.44. The van der Waals surface area contributed by atoms with E-state index < -0.39 is 0 Å². The normalized spacial score (nSPS) is 10.9. The molecule has 0 spiro atoms. The van der Waals surface area contributed by atoms with Crippen LogP contribution in [0.4, 0.5) is 0 Å². The van der Waals surface area contributed by atoms with Crippen LogP contribution in [0, 0.1) is 0 Å². The van der Waals surface area contributed by atoms with Crippen LogP contribution in [0.1, 0.15) is 11.7 Å². The summed E-state index contributed by atoms with van der Waals surface area (Å²) >= 11 is 3.39. The highest BCUT2D eigenvalue weighted by molar-refractivity contribution is 9.10. The molecule has 0 aliphatic rings. The second-order valence-corrected chi connectivity index (χ2v) is 5.49. The van der Waals surface area contributed by atoms with E-state index in [0.29, 0.717) is 16.6 Å². The van der Waals surface area contributed by atoms with Gasteiger partial charge in [0.1, 0.15) is 5.75 Å². The van der Waals surface area contributed by atoms with Crippen LogP contribution in [0.5, 0.6) is 5.75 Å². The minimum atomic E-state index is -0.128. The summed E-state index contributed by atoms with van der Waals surface area (Å²) in [6, 6.07) is 14.9. The molecule has 20 heavy (non-hydrogen) atoms. The summed E-state index contributed by atoms with van der Waals surface area (Å²) in [6.45, 7) is 1.49. The Hall–Kier alpha value is -2.07. The molecule has 0 atom stereocenters. The summed E-state index contributed by atoms with van der Waals surface area (Å²) < 4.78 is 2.41. The van der Waals surface area contributed by atoms with Crippen molar-refractivity contribution < 1.29 is 9.90 Å². The van der Waals surface area contributed by atoms with Crippen molar-refractivity contribution in [1.82, 2.24) is 4.57 Å². The van der Waals surface area contributed by atoms with E-state index in [1.165, 1.54) is 6.92 Å². The topological polar surface area (TPSA) is 42.2 Å². The Morgan fingerprint density at radius 2 is 1.85 bits per heavy atom. The summed E-state index contributed by atoms with van der Waals surface area (Å²) in [5.41, 5.74) is 2.05. The van der Waals surface area contributed by atoms with E-state index in [4.69, 9.17) is 0 Å². The molecule has 4 heteroatoms. The number of rotatable bonds is 1. The van der Waals surface area contributed by atoms with E-state index in [9.17, 15) is 9.90 Å². The maximum absolute atomic E-state index is 12.0. The third kappa shape index (κ3) is 1.93. The number of hydrogen-bond acceptors (Lipinski definition) is 2. The van der Waals surface area contributed by atoms with Crippen LogP contribution in [-0.4, -0.2) is 15.6 Å². The molecule has 100 valence electrons. The Balaban J connectivity index is 2.45. The zero-order valence-corrected chi connectivity index (χ0v) is 12.4. The molecule has 1 N–H and O–H groups in total. The van der Waals surface area contributed by atoms with Crippen LogP contribution in [-0.2, 0) is 0 Å². The highest BCUT2D eigenvalue weighted by atomic mass is 79.9. The molecule has 0 unspecified atom stereocenters. The predicted octanol–water partition coefficient (Wildman–Crippen LogP) is 4.44. The molecule has 0 bridgehead atoms. The maximum atomic E-state index is 12.0. The maximum Gasteiger partial charge on any atom is 0.228 e. The van der Waals surface area contributed by atoms with Crippen LogP contribution in [0.2, 0.25) is 0 Å². The van der Waals surface area contributed by atoms with E-state index in [0.717, 1.165) is 10.0 Å². The van der Waals surface area contributed by atoms with Crippen molar-refractivity contribution in [3.63, 3.8) is 0 Å². The van der Waals surface area contributed by atoms with Gasteiger partial charge in [-0.3, -0.25) is 9.36 Å². The molecule has 0 radical (unpaired) electrons. The Morgan fingerprint density at radius 3 is 2.50 bits per heavy atom. The number of carbonyl (C=O) groups is 1. The number of nitrogens with zero attached hydrogens (tertiary/aromatic N) is 1. The minimum absolute atomic E-state index is 0.128. The van der Waals surface area contributed by atoms with Gasteiger partial charge in [-0.25, -0.2) is 0 Å². The van der Waals surface area contributed by atoms with Crippen molar-refractivity contribution in [2.45, 2.75) is 6.92 Å². The third-order valence-corrected chi connectivity index (χ3v) is 3.76. The molecule has 1 heterocycles. The Morgan fingerprint density at radius 1 is 1.15 bits per heavy atom. The lowest BCUT2D eigenvalue weighted by molar-refractivity contribution is 0.0943. The van der Waals surface area contributed by atoms with Crippen LogP contribution in [0.15, 0.2) is 53.0 Å². The number of fused-ring (bicyclic) bond motifs is 1. The van der Waals surface area contributed by atoms with Gasteiger partial charge < -0.3 is 5.11 Å². The first-order valence-electron chi connectivity index (χ1n) is 6.19. The first-order chi connectivity index (χ1) is 9.59. The smallest absolute Gasteiger partial charge is 0.228 e. The van der Waals surface area contributed by atoms with Gasteiger partial charge in [-0.2, -0.15) is 0 Å². The fraction of sp³-hybridized carbons (Fsp3) is 0.0625. The van der Waals surface area contributed by atoms with Crippen molar-refractivity contribution >= 4 is 32.7 Å². The molecule has 3 aromatic rings. The summed E-state index contributed by atoms with van der Waals surface area (Å²) in [4.78, 5) is 12.0. The van der Waals surface area contributed by atoms with Crippen molar-refractivity contribution in [3.8, 4) is 17.0 Å². The average Bonchev–Trinajstić information content (AvgIpc) is 2.73. The molecule has 0 saturated carbocycles. The van der Waals surface area contributed by atoms with Crippen molar-refractivity contribution in [3.05, 3.63) is 53.0 Å². The van der Waals surface area contributed by atoms with Gasteiger partial charge in [0.15, 0.2) is 0 Å². The van der Waals surface area contributed by atoms with Crippen molar-refractivity contribution in [2.75, 3.05) is 0 Å². The quantitative estimate of drug-likeness (QED) is 0.717. The third-order valence-electron chi connectivity index (χ3n) is 3.26. The molecule has 3 rings (SSSR count). The highest BCUT2D eigenvalue weighted by Crippen LogP contribution is 2.40. The molecule has 0 fully saturated rings. The lowest BCUT2D eigenvalue weighted by atomic mass is 10.1. The number of halogens is 1. The summed E-state index contributed by atoms with van der Waals surface area (Å²) in [5.74, 6) is -0.000763. The average molecular weight is 330 g/mol. The van der Waals surface area contributed by atoms with Crippen molar-refractivity contribution in [2.24, 2.45) is 0 Å². The Kier molecular flexibility index (Phi) is 3.10. The molecule has 0 amide bonds. The van der Waals surface area contributed by atoms with Gasteiger partial charge in [0.05, 0.1) is 11.2 Å². The number of aromatic hydroxyl groups is 1. The Labute approximate surface area is 124 Å².